The molecule has 0 bridgehead atoms. The first-order valence-corrected chi connectivity index (χ1v) is 11.9. The highest BCUT2D eigenvalue weighted by atomic mass is 16.6. The van der Waals surface area contributed by atoms with Crippen molar-refractivity contribution < 1.29 is 24.4 Å². The molecule has 3 aromatic carbocycles. The predicted octanol–water partition coefficient (Wildman–Crippen LogP) is 4.53. The number of carboxylic acids is 1. The molecule has 0 radical (unpaired) electrons. The molecule has 4 aromatic rings. The van der Waals surface area contributed by atoms with Gasteiger partial charge in [0.15, 0.2) is 5.69 Å². The number of ether oxygens (including phenoxy) is 1. The van der Waals surface area contributed by atoms with Crippen LogP contribution in [-0.4, -0.2) is 44.3 Å². The lowest BCUT2D eigenvalue weighted by Gasteiger charge is -2.17. The van der Waals surface area contributed by atoms with Gasteiger partial charge < -0.3 is 25.3 Å². The number of alkyl carbamates (subject to hydrolysis) is 1. The molecule has 192 valence electrons. The lowest BCUT2D eigenvalue weighted by atomic mass is 9.98. The monoisotopic (exact) mass is 512 g/mol. The number of carboxylic acid groups (broad SMARTS) is 1. The summed E-state index contributed by atoms with van der Waals surface area (Å²) < 4.78 is 6.81. The molecule has 0 spiro atoms. The average Bonchev–Trinajstić information content (AvgIpc) is 3.45. The van der Waals surface area contributed by atoms with Crippen LogP contribution in [0, 0.1) is 10.1 Å². The molecule has 10 heteroatoms. The molecule has 1 amide bonds. The zero-order valence-corrected chi connectivity index (χ0v) is 20.4. The van der Waals surface area contributed by atoms with Crippen molar-refractivity contribution in [2.45, 2.75) is 18.4 Å². The van der Waals surface area contributed by atoms with Crippen molar-refractivity contribution in [2.24, 2.45) is 7.05 Å². The molecule has 0 unspecified atom stereocenters. The molecule has 0 fully saturated rings. The normalized spacial score (nSPS) is 12.9. The first-order chi connectivity index (χ1) is 18.3. The van der Waals surface area contributed by atoms with Crippen molar-refractivity contribution in [3.8, 4) is 22.4 Å². The van der Waals surface area contributed by atoms with Gasteiger partial charge in [-0.05, 0) is 32.7 Å². The minimum absolute atomic E-state index is 0.0299. The molecule has 0 aliphatic heterocycles. The highest BCUT2D eigenvalue weighted by Gasteiger charge is 2.30. The molecule has 5 rings (SSSR count). The number of amides is 1. The molecule has 38 heavy (non-hydrogen) atoms. The number of nitrogens with one attached hydrogen (secondary N) is 1. The van der Waals surface area contributed by atoms with Gasteiger partial charge in [-0.15, -0.1) is 0 Å². The number of carbonyl (C=O) groups excluding carboxylic acids is 1. The number of rotatable bonds is 8. The summed E-state index contributed by atoms with van der Waals surface area (Å²) in [5.41, 5.74) is 6.06. The van der Waals surface area contributed by atoms with E-state index in [1.54, 1.807) is 30.5 Å². The van der Waals surface area contributed by atoms with Crippen molar-refractivity contribution in [3.63, 3.8) is 0 Å². The van der Waals surface area contributed by atoms with E-state index in [2.05, 4.69) is 10.3 Å². The largest absolute Gasteiger partial charge is 0.480 e. The minimum Gasteiger partial charge on any atom is -0.480 e. The van der Waals surface area contributed by atoms with Crippen molar-refractivity contribution in [3.05, 3.63) is 106 Å². The molecular weight excluding hydrogens is 488 g/mol. The predicted molar refractivity (Wildman–Crippen MR) is 139 cm³/mol. The van der Waals surface area contributed by atoms with E-state index in [1.165, 1.54) is 11.6 Å². The number of fused-ring (bicyclic) bond motifs is 3. The second-order valence-corrected chi connectivity index (χ2v) is 9.06. The number of aromatic nitrogens is 2. The fourth-order valence-corrected chi connectivity index (χ4v) is 4.80. The van der Waals surface area contributed by atoms with Gasteiger partial charge in [0.05, 0.1) is 7.05 Å². The first kappa shape index (κ1) is 24.7. The van der Waals surface area contributed by atoms with Crippen LogP contribution in [0.15, 0.2) is 79.0 Å². The Bertz CT molecular complexity index is 1480. The maximum atomic E-state index is 12.6. The first-order valence-electron chi connectivity index (χ1n) is 11.9. The lowest BCUT2D eigenvalue weighted by molar-refractivity contribution is -0.396. The van der Waals surface area contributed by atoms with Crippen LogP contribution in [-0.2, 0) is 23.0 Å². The van der Waals surface area contributed by atoms with E-state index in [9.17, 15) is 24.8 Å². The Labute approximate surface area is 217 Å². The van der Waals surface area contributed by atoms with Crippen LogP contribution in [0.2, 0.25) is 0 Å². The lowest BCUT2D eigenvalue weighted by Crippen LogP contribution is -2.42. The second kappa shape index (κ2) is 10.2. The second-order valence-electron chi connectivity index (χ2n) is 9.06. The number of hydrogen-bond acceptors (Lipinski definition) is 6. The van der Waals surface area contributed by atoms with E-state index in [0.29, 0.717) is 16.8 Å². The van der Waals surface area contributed by atoms with Crippen LogP contribution in [0.3, 0.4) is 0 Å². The van der Waals surface area contributed by atoms with Crippen molar-refractivity contribution in [2.75, 3.05) is 6.61 Å². The Morgan fingerprint density at radius 1 is 1.05 bits per heavy atom. The van der Waals surface area contributed by atoms with Gasteiger partial charge in [0.2, 0.25) is 0 Å². The van der Waals surface area contributed by atoms with Gasteiger partial charge in [-0.25, -0.2) is 14.2 Å². The van der Waals surface area contributed by atoms with Crippen molar-refractivity contribution in [1.82, 2.24) is 14.9 Å². The van der Waals surface area contributed by atoms with Gasteiger partial charge in [0.1, 0.15) is 18.8 Å². The number of aliphatic carboxylic acids is 1. The van der Waals surface area contributed by atoms with Gasteiger partial charge in [0, 0.05) is 17.9 Å². The van der Waals surface area contributed by atoms with Crippen LogP contribution in [0.25, 0.3) is 22.4 Å². The molecule has 0 saturated carbocycles. The Morgan fingerprint density at radius 2 is 1.66 bits per heavy atom. The summed E-state index contributed by atoms with van der Waals surface area (Å²) in [6, 6.07) is 21.5. The third kappa shape index (κ3) is 4.83. The van der Waals surface area contributed by atoms with Crippen LogP contribution in [0.4, 0.5) is 10.7 Å². The van der Waals surface area contributed by atoms with Gasteiger partial charge >= 0.3 is 18.0 Å². The molecule has 1 aliphatic rings. The summed E-state index contributed by atoms with van der Waals surface area (Å²) in [6.45, 7) is 0.0805. The summed E-state index contributed by atoms with van der Waals surface area (Å²) in [4.78, 5) is 39.0. The van der Waals surface area contributed by atoms with Gasteiger partial charge in [-0.3, -0.25) is 0 Å². The van der Waals surface area contributed by atoms with E-state index in [4.69, 9.17) is 4.74 Å². The van der Waals surface area contributed by atoms with Crippen LogP contribution >= 0.6 is 0 Å². The van der Waals surface area contributed by atoms with E-state index < -0.39 is 23.0 Å². The van der Waals surface area contributed by atoms with Crippen LogP contribution in [0.1, 0.15) is 22.6 Å². The third-order valence-corrected chi connectivity index (χ3v) is 6.64. The minimum atomic E-state index is -1.20. The topological polar surface area (TPSA) is 137 Å². The van der Waals surface area contributed by atoms with Gasteiger partial charge in [-0.1, -0.05) is 77.8 Å². The number of imidazole rings is 1. The maximum Gasteiger partial charge on any atom is 0.434 e. The van der Waals surface area contributed by atoms with Gasteiger partial charge in [0.25, 0.3) is 0 Å². The fourth-order valence-electron chi connectivity index (χ4n) is 4.80. The number of benzene rings is 3. The smallest absolute Gasteiger partial charge is 0.434 e. The fraction of sp³-hybridized carbons (Fsp3) is 0.179. The summed E-state index contributed by atoms with van der Waals surface area (Å²) in [6.07, 6.45) is 0.769. The Balaban J connectivity index is 1.23. The Kier molecular flexibility index (Phi) is 6.61. The summed E-state index contributed by atoms with van der Waals surface area (Å²) in [5, 5.41) is 23.2. The zero-order valence-electron chi connectivity index (χ0n) is 20.4. The van der Waals surface area contributed by atoms with E-state index in [0.717, 1.165) is 22.3 Å². The van der Waals surface area contributed by atoms with Gasteiger partial charge in [-0.2, -0.15) is 0 Å². The number of nitrogens with zero attached hydrogens (tertiary/aromatic N) is 3. The van der Waals surface area contributed by atoms with Crippen molar-refractivity contribution >= 4 is 18.0 Å². The van der Waals surface area contributed by atoms with E-state index in [1.807, 2.05) is 48.5 Å². The molecule has 1 aliphatic carbocycles. The van der Waals surface area contributed by atoms with E-state index >= 15 is 0 Å². The number of aryl methyl sites for hydroxylation is 1. The molecule has 2 N–H and O–H groups in total. The molecule has 1 heterocycles. The maximum absolute atomic E-state index is 12.6. The Morgan fingerprint density at radius 3 is 2.21 bits per heavy atom. The quantitative estimate of drug-likeness (QED) is 0.261. The molecule has 10 nitrogen and oxygen atoms in total. The van der Waals surface area contributed by atoms with E-state index in [-0.39, 0.29) is 24.9 Å². The van der Waals surface area contributed by atoms with Crippen LogP contribution in [0.5, 0.6) is 0 Å². The summed E-state index contributed by atoms with van der Waals surface area (Å²) in [5.74, 6) is -1.60. The molecule has 1 aromatic heterocycles. The third-order valence-electron chi connectivity index (χ3n) is 6.64. The summed E-state index contributed by atoms with van der Waals surface area (Å²) in [7, 11) is 1.54. The molecular formula is C28H24N4O6. The SMILES string of the molecule is Cn1cc(-c2ccc(C[C@H](NC(=O)OCC3c4ccccc4-c4ccccc43)C(=O)O)cc2)nc1[N+](=O)[O-]. The highest BCUT2D eigenvalue weighted by Crippen LogP contribution is 2.44. The molecule has 1 atom stereocenters. The standard InChI is InChI=1S/C28H24N4O6/c1-31-15-25(29-27(31)32(36)37)18-12-10-17(11-13-18)14-24(26(33)34)30-28(35)38-16-23-21-8-4-2-6-19(21)20-7-3-5-9-22(20)23/h2-13,15,23-24H,14,16H2,1H3,(H,30,35)(H,33,34)/t24-/m0/s1. The van der Waals surface area contributed by atoms with Crippen molar-refractivity contribution in [1.29, 1.82) is 0 Å². The number of hydrogen-bond donors (Lipinski definition) is 2. The zero-order chi connectivity index (χ0) is 26.8. The number of carbonyl (C=O) groups is 2. The molecule has 0 saturated heterocycles. The number of nitro groups is 1. The Hall–Kier alpha value is -4.99. The summed E-state index contributed by atoms with van der Waals surface area (Å²) >= 11 is 0. The highest BCUT2D eigenvalue weighted by molar-refractivity contribution is 5.81. The average molecular weight is 513 g/mol. The van der Waals surface area contributed by atoms with Crippen LogP contribution < -0.4 is 5.32 Å².